The third-order valence-corrected chi connectivity index (χ3v) is 2.07. The third-order valence-electron chi connectivity index (χ3n) is 2.07. The zero-order valence-electron chi connectivity index (χ0n) is 9.24. The number of amides is 1. The van der Waals surface area contributed by atoms with Crippen LogP contribution < -0.4 is 10.6 Å². The van der Waals surface area contributed by atoms with Gasteiger partial charge < -0.3 is 10.4 Å². The molecular weight excluding hydrogens is 227 g/mol. The number of hydrogen-bond acceptors (Lipinski definition) is 3. The average Bonchev–Trinajstić information content (AvgIpc) is 2.29. The van der Waals surface area contributed by atoms with Crippen molar-refractivity contribution >= 4 is 17.6 Å². The van der Waals surface area contributed by atoms with Crippen LogP contribution in [0.2, 0.25) is 0 Å². The van der Waals surface area contributed by atoms with Crippen molar-refractivity contribution in [2.24, 2.45) is 0 Å². The molecule has 0 aromatic heterocycles. The van der Waals surface area contributed by atoms with E-state index in [1.807, 2.05) is 0 Å². The molecule has 0 saturated carbocycles. The van der Waals surface area contributed by atoms with Gasteiger partial charge in [0.2, 0.25) is 5.91 Å². The lowest BCUT2D eigenvalue weighted by atomic mass is 10.3. The number of rotatable bonds is 5. The number of hydrogen-bond donors (Lipinski definition) is 3. The highest BCUT2D eigenvalue weighted by atomic mass is 19.1. The number of benzene rings is 1. The van der Waals surface area contributed by atoms with Crippen LogP contribution in [0.15, 0.2) is 24.3 Å². The molecule has 0 aliphatic carbocycles. The predicted molar refractivity (Wildman–Crippen MR) is 60.1 cm³/mol. The van der Waals surface area contributed by atoms with Gasteiger partial charge in [0.25, 0.3) is 0 Å². The van der Waals surface area contributed by atoms with Gasteiger partial charge in [-0.05, 0) is 31.2 Å². The van der Waals surface area contributed by atoms with E-state index >= 15 is 0 Å². The van der Waals surface area contributed by atoms with Crippen LogP contribution in [-0.4, -0.2) is 29.6 Å². The zero-order valence-corrected chi connectivity index (χ0v) is 9.24. The topological polar surface area (TPSA) is 78.4 Å². The minimum absolute atomic E-state index is 0.120. The maximum atomic E-state index is 12.6. The fourth-order valence-corrected chi connectivity index (χ4v) is 1.07. The highest BCUT2D eigenvalue weighted by molar-refractivity contribution is 5.92. The van der Waals surface area contributed by atoms with Crippen molar-refractivity contribution in [2.75, 3.05) is 11.9 Å². The standard InChI is InChI=1S/C11H13FN2O3/c1-7(11(16)17)13-6-10(15)14-9-4-2-8(12)3-5-9/h2-5,7,13H,6H2,1H3,(H,14,15)(H,16,17)/t7-/m1/s1. The van der Waals surface area contributed by atoms with Crippen LogP contribution in [0.3, 0.4) is 0 Å². The molecule has 0 saturated heterocycles. The molecule has 0 spiro atoms. The molecule has 6 heteroatoms. The number of halogens is 1. The minimum Gasteiger partial charge on any atom is -0.480 e. The number of aliphatic carboxylic acids is 1. The first kappa shape index (κ1) is 13.1. The molecule has 1 aromatic rings. The second-order valence-corrected chi connectivity index (χ2v) is 3.50. The van der Waals surface area contributed by atoms with Gasteiger partial charge in [0.05, 0.1) is 6.54 Å². The van der Waals surface area contributed by atoms with Crippen molar-refractivity contribution < 1.29 is 19.1 Å². The van der Waals surface area contributed by atoms with Crippen molar-refractivity contribution in [2.45, 2.75) is 13.0 Å². The van der Waals surface area contributed by atoms with Crippen LogP contribution in [0.1, 0.15) is 6.92 Å². The van der Waals surface area contributed by atoms with Crippen LogP contribution in [0.4, 0.5) is 10.1 Å². The van der Waals surface area contributed by atoms with E-state index in [4.69, 9.17) is 5.11 Å². The summed E-state index contributed by atoms with van der Waals surface area (Å²) < 4.78 is 12.6. The molecule has 0 radical (unpaired) electrons. The summed E-state index contributed by atoms with van der Waals surface area (Å²) in [6, 6.07) is 4.50. The lowest BCUT2D eigenvalue weighted by Gasteiger charge is -2.09. The summed E-state index contributed by atoms with van der Waals surface area (Å²) in [4.78, 5) is 21.8. The van der Waals surface area contributed by atoms with Crippen molar-refractivity contribution in [3.63, 3.8) is 0 Å². The average molecular weight is 240 g/mol. The molecule has 0 heterocycles. The predicted octanol–water partition coefficient (Wildman–Crippen LogP) is 0.827. The van der Waals surface area contributed by atoms with Gasteiger partial charge in [-0.25, -0.2) is 4.39 Å². The smallest absolute Gasteiger partial charge is 0.320 e. The second-order valence-electron chi connectivity index (χ2n) is 3.50. The van der Waals surface area contributed by atoms with E-state index in [0.717, 1.165) is 0 Å². The first-order valence-corrected chi connectivity index (χ1v) is 5.00. The van der Waals surface area contributed by atoms with Crippen molar-refractivity contribution in [3.05, 3.63) is 30.1 Å². The third kappa shape index (κ3) is 4.60. The van der Waals surface area contributed by atoms with Gasteiger partial charge in [-0.1, -0.05) is 0 Å². The molecule has 1 amide bonds. The lowest BCUT2D eigenvalue weighted by molar-refractivity contribution is -0.139. The summed E-state index contributed by atoms with van der Waals surface area (Å²) in [6.45, 7) is 1.32. The molecule has 1 atom stereocenters. The maximum Gasteiger partial charge on any atom is 0.320 e. The largest absolute Gasteiger partial charge is 0.480 e. The quantitative estimate of drug-likeness (QED) is 0.712. The van der Waals surface area contributed by atoms with E-state index in [-0.39, 0.29) is 18.3 Å². The van der Waals surface area contributed by atoms with Crippen LogP contribution in [0, 0.1) is 5.82 Å². The van der Waals surface area contributed by atoms with Crippen LogP contribution >= 0.6 is 0 Å². The number of carboxylic acid groups (broad SMARTS) is 1. The number of carboxylic acids is 1. The molecule has 0 fully saturated rings. The number of nitrogens with one attached hydrogen (secondary N) is 2. The molecule has 0 aliphatic rings. The summed E-state index contributed by atoms with van der Waals surface area (Å²) >= 11 is 0. The highest BCUT2D eigenvalue weighted by Crippen LogP contribution is 2.07. The Morgan fingerprint density at radius 2 is 1.94 bits per heavy atom. The van der Waals surface area contributed by atoms with Gasteiger partial charge in [-0.3, -0.25) is 14.9 Å². The molecule has 92 valence electrons. The monoisotopic (exact) mass is 240 g/mol. The number of carbonyl (C=O) groups is 2. The Morgan fingerprint density at radius 1 is 1.35 bits per heavy atom. The van der Waals surface area contributed by atoms with E-state index in [2.05, 4.69) is 10.6 Å². The Kier molecular flexibility index (Phi) is 4.59. The number of anilines is 1. The van der Waals surface area contributed by atoms with E-state index in [1.54, 1.807) is 0 Å². The lowest BCUT2D eigenvalue weighted by Crippen LogP contribution is -2.39. The summed E-state index contributed by atoms with van der Waals surface area (Å²) in [5.41, 5.74) is 0.459. The minimum atomic E-state index is -1.03. The molecule has 1 rings (SSSR count). The van der Waals surface area contributed by atoms with Crippen molar-refractivity contribution in [1.29, 1.82) is 0 Å². The Balaban J connectivity index is 2.39. The first-order valence-electron chi connectivity index (χ1n) is 5.00. The second kappa shape index (κ2) is 5.95. The van der Waals surface area contributed by atoms with Gasteiger partial charge >= 0.3 is 5.97 Å². The summed E-state index contributed by atoms with van der Waals surface area (Å²) in [5, 5.41) is 13.6. The maximum absolute atomic E-state index is 12.6. The fraction of sp³-hybridized carbons (Fsp3) is 0.273. The Hall–Kier alpha value is -1.95. The van der Waals surface area contributed by atoms with Crippen LogP contribution in [-0.2, 0) is 9.59 Å². The number of carbonyl (C=O) groups excluding carboxylic acids is 1. The first-order chi connectivity index (χ1) is 7.99. The molecule has 17 heavy (non-hydrogen) atoms. The molecule has 0 unspecified atom stereocenters. The Bertz CT molecular complexity index is 406. The normalized spacial score (nSPS) is 11.9. The Morgan fingerprint density at radius 3 is 2.47 bits per heavy atom. The van der Waals surface area contributed by atoms with Gasteiger partial charge in [-0.15, -0.1) is 0 Å². The summed E-state index contributed by atoms with van der Waals surface area (Å²) in [5.74, 6) is -1.80. The van der Waals surface area contributed by atoms with E-state index < -0.39 is 12.0 Å². The zero-order chi connectivity index (χ0) is 12.8. The van der Waals surface area contributed by atoms with Crippen LogP contribution in [0.25, 0.3) is 0 Å². The molecule has 1 aromatic carbocycles. The van der Waals surface area contributed by atoms with Crippen molar-refractivity contribution in [3.8, 4) is 0 Å². The van der Waals surface area contributed by atoms with Gasteiger partial charge in [0, 0.05) is 5.69 Å². The summed E-state index contributed by atoms with van der Waals surface area (Å²) in [6.07, 6.45) is 0. The van der Waals surface area contributed by atoms with Crippen LogP contribution in [0.5, 0.6) is 0 Å². The Labute approximate surface area is 97.6 Å². The van der Waals surface area contributed by atoms with E-state index in [9.17, 15) is 14.0 Å². The fourth-order valence-electron chi connectivity index (χ4n) is 1.07. The molecule has 3 N–H and O–H groups in total. The molecular formula is C11H13FN2O3. The summed E-state index contributed by atoms with van der Waals surface area (Å²) in [7, 11) is 0. The van der Waals surface area contributed by atoms with E-state index in [0.29, 0.717) is 5.69 Å². The molecule has 5 nitrogen and oxygen atoms in total. The SMILES string of the molecule is C[C@@H](NCC(=O)Nc1ccc(F)cc1)C(=O)O. The van der Waals surface area contributed by atoms with Gasteiger partial charge in [0.1, 0.15) is 11.9 Å². The molecule has 0 bridgehead atoms. The highest BCUT2D eigenvalue weighted by Gasteiger charge is 2.11. The van der Waals surface area contributed by atoms with E-state index in [1.165, 1.54) is 31.2 Å². The van der Waals surface area contributed by atoms with Gasteiger partial charge in [-0.2, -0.15) is 0 Å². The van der Waals surface area contributed by atoms with Crippen molar-refractivity contribution in [1.82, 2.24) is 5.32 Å². The van der Waals surface area contributed by atoms with Gasteiger partial charge in [0.15, 0.2) is 0 Å². The molecule has 0 aliphatic heterocycles.